The van der Waals surface area contributed by atoms with Gasteiger partial charge >= 0.3 is 0 Å². The summed E-state index contributed by atoms with van der Waals surface area (Å²) < 4.78 is 1.09. The molecule has 4 aromatic rings. The first kappa shape index (κ1) is 18.3. The van der Waals surface area contributed by atoms with Crippen molar-refractivity contribution in [3.8, 4) is 0 Å². The fourth-order valence-electron chi connectivity index (χ4n) is 3.14. The number of amides is 1. The average molecular weight is 388 g/mol. The lowest BCUT2D eigenvalue weighted by Crippen LogP contribution is -2.30. The van der Waals surface area contributed by atoms with Crippen LogP contribution in [0.2, 0.25) is 0 Å². The molecule has 0 unspecified atom stereocenters. The molecule has 0 radical (unpaired) electrons. The molecule has 0 saturated carbocycles. The largest absolute Gasteiger partial charge is 0.282 e. The maximum Gasteiger partial charge on any atom is 0.229 e. The maximum absolute atomic E-state index is 13.1. The second-order valence-corrected chi connectivity index (χ2v) is 7.71. The highest BCUT2D eigenvalue weighted by Crippen LogP contribution is 2.31. The van der Waals surface area contributed by atoms with Crippen molar-refractivity contribution in [3.05, 3.63) is 89.7 Å². The summed E-state index contributed by atoms with van der Waals surface area (Å²) in [4.78, 5) is 24.1. The molecule has 4 nitrogen and oxygen atoms in total. The fourth-order valence-corrected chi connectivity index (χ4v) is 4.20. The van der Waals surface area contributed by atoms with Crippen LogP contribution in [0, 0.1) is 6.92 Å². The lowest BCUT2D eigenvalue weighted by molar-refractivity contribution is -0.118. The number of pyridine rings is 1. The van der Waals surface area contributed by atoms with Gasteiger partial charge in [-0.2, -0.15) is 0 Å². The zero-order valence-corrected chi connectivity index (χ0v) is 16.5. The molecular formula is C23H21N3OS. The number of aryl methyl sites for hydroxylation is 2. The van der Waals surface area contributed by atoms with E-state index in [9.17, 15) is 4.79 Å². The lowest BCUT2D eigenvalue weighted by atomic mass is 10.1. The van der Waals surface area contributed by atoms with Gasteiger partial charge in [-0.05, 0) is 42.7 Å². The molecule has 0 saturated heterocycles. The molecule has 1 amide bonds. The highest BCUT2D eigenvalue weighted by Gasteiger charge is 2.21. The van der Waals surface area contributed by atoms with E-state index < -0.39 is 0 Å². The van der Waals surface area contributed by atoms with Gasteiger partial charge in [0, 0.05) is 12.6 Å². The van der Waals surface area contributed by atoms with Gasteiger partial charge in [-0.25, -0.2) is 4.98 Å². The minimum Gasteiger partial charge on any atom is -0.282 e. The number of hydrogen-bond donors (Lipinski definition) is 0. The summed E-state index contributed by atoms with van der Waals surface area (Å²) in [7, 11) is 0. The Balaban J connectivity index is 1.62. The van der Waals surface area contributed by atoms with Gasteiger partial charge in [0.05, 0.1) is 22.5 Å². The number of nitrogens with zero attached hydrogens (tertiary/aromatic N) is 3. The number of carbonyl (C=O) groups excluding carboxylic acids is 1. The van der Waals surface area contributed by atoms with Crippen LogP contribution in [0.1, 0.15) is 23.2 Å². The molecule has 2 aromatic carbocycles. The summed E-state index contributed by atoms with van der Waals surface area (Å²) in [5.41, 5.74) is 4.10. The van der Waals surface area contributed by atoms with Gasteiger partial charge in [0.15, 0.2) is 5.13 Å². The Kier molecular flexibility index (Phi) is 5.44. The Hall–Kier alpha value is -3.05. The van der Waals surface area contributed by atoms with Gasteiger partial charge in [0.25, 0.3) is 0 Å². The number of hydrogen-bond acceptors (Lipinski definition) is 4. The van der Waals surface area contributed by atoms with E-state index in [4.69, 9.17) is 4.98 Å². The molecule has 0 fully saturated rings. The van der Waals surface area contributed by atoms with Gasteiger partial charge in [-0.15, -0.1) is 0 Å². The number of thiazole rings is 1. The highest BCUT2D eigenvalue weighted by molar-refractivity contribution is 7.22. The number of benzene rings is 2. The van der Waals surface area contributed by atoms with Gasteiger partial charge in [0.2, 0.25) is 5.91 Å². The van der Waals surface area contributed by atoms with Crippen molar-refractivity contribution in [2.45, 2.75) is 26.3 Å². The fraction of sp³-hybridized carbons (Fsp3) is 0.174. The Labute approximate surface area is 168 Å². The molecule has 140 valence electrons. The Morgan fingerprint density at radius 1 is 1.00 bits per heavy atom. The predicted molar refractivity (Wildman–Crippen MR) is 115 cm³/mol. The maximum atomic E-state index is 13.1. The minimum absolute atomic E-state index is 0.0613. The number of anilines is 1. The zero-order chi connectivity index (χ0) is 19.3. The van der Waals surface area contributed by atoms with E-state index >= 15 is 0 Å². The third-order valence-electron chi connectivity index (χ3n) is 4.66. The number of rotatable bonds is 6. The molecule has 4 rings (SSSR count). The first-order chi connectivity index (χ1) is 13.7. The van der Waals surface area contributed by atoms with Gasteiger partial charge in [-0.3, -0.25) is 14.7 Å². The molecule has 0 aliphatic carbocycles. The van der Waals surface area contributed by atoms with Crippen LogP contribution in [0.5, 0.6) is 0 Å². The molecule has 0 aliphatic rings. The van der Waals surface area contributed by atoms with Crippen LogP contribution < -0.4 is 4.90 Å². The summed E-state index contributed by atoms with van der Waals surface area (Å²) in [6.07, 6.45) is 2.90. The topological polar surface area (TPSA) is 46.1 Å². The average Bonchev–Trinajstić information content (AvgIpc) is 3.17. The molecular weight excluding hydrogens is 366 g/mol. The second kappa shape index (κ2) is 8.31. The van der Waals surface area contributed by atoms with Crippen molar-refractivity contribution in [1.29, 1.82) is 0 Å². The molecule has 5 heteroatoms. The number of fused-ring (bicyclic) bond motifs is 1. The summed E-state index contributed by atoms with van der Waals surface area (Å²) in [6.45, 7) is 2.47. The lowest BCUT2D eigenvalue weighted by Gasteiger charge is -2.19. The van der Waals surface area contributed by atoms with Crippen LogP contribution in [0.25, 0.3) is 10.2 Å². The second-order valence-electron chi connectivity index (χ2n) is 6.70. The van der Waals surface area contributed by atoms with Crippen molar-refractivity contribution in [2.75, 3.05) is 4.90 Å². The van der Waals surface area contributed by atoms with Gasteiger partial charge in [-0.1, -0.05) is 59.9 Å². The van der Waals surface area contributed by atoms with Crippen molar-refractivity contribution in [3.63, 3.8) is 0 Å². The molecule has 0 aliphatic heterocycles. The molecule has 0 spiro atoms. The van der Waals surface area contributed by atoms with Crippen molar-refractivity contribution < 1.29 is 4.79 Å². The quantitative estimate of drug-likeness (QED) is 0.459. The molecule has 0 atom stereocenters. The number of aromatic nitrogens is 2. The summed E-state index contributed by atoms with van der Waals surface area (Å²) in [5.74, 6) is 0.0613. The summed E-state index contributed by atoms with van der Waals surface area (Å²) in [6, 6.07) is 22.0. The van der Waals surface area contributed by atoms with Crippen LogP contribution in [0.15, 0.2) is 72.9 Å². The van der Waals surface area contributed by atoms with Crippen LogP contribution in [-0.4, -0.2) is 15.9 Å². The third kappa shape index (κ3) is 4.10. The minimum atomic E-state index is 0.0613. The summed E-state index contributed by atoms with van der Waals surface area (Å²) in [5, 5.41) is 0.730. The van der Waals surface area contributed by atoms with E-state index in [0.29, 0.717) is 19.4 Å². The predicted octanol–water partition coefficient (Wildman–Crippen LogP) is 5.17. The first-order valence-electron chi connectivity index (χ1n) is 9.31. The standard InChI is InChI=1S/C23H21N3OS/c1-17-8-7-12-20-22(17)25-23(28-20)26(16-19-11-5-6-15-24-19)21(27)14-13-18-9-3-2-4-10-18/h2-12,15H,13-14,16H2,1H3. The molecule has 28 heavy (non-hydrogen) atoms. The van der Waals surface area contributed by atoms with E-state index in [1.54, 1.807) is 22.4 Å². The van der Waals surface area contributed by atoms with E-state index in [0.717, 1.165) is 32.2 Å². The van der Waals surface area contributed by atoms with Crippen LogP contribution in [0.3, 0.4) is 0 Å². The monoisotopic (exact) mass is 387 g/mol. The van der Waals surface area contributed by atoms with Crippen molar-refractivity contribution in [2.24, 2.45) is 0 Å². The molecule has 0 N–H and O–H groups in total. The van der Waals surface area contributed by atoms with Crippen LogP contribution >= 0.6 is 11.3 Å². The molecule has 2 heterocycles. The Bertz CT molecular complexity index is 1080. The molecule has 2 aromatic heterocycles. The SMILES string of the molecule is Cc1cccc2sc(N(Cc3ccccn3)C(=O)CCc3ccccc3)nc12. The van der Waals surface area contributed by atoms with Crippen LogP contribution in [0.4, 0.5) is 5.13 Å². The number of para-hydroxylation sites is 1. The van der Waals surface area contributed by atoms with E-state index in [1.807, 2.05) is 55.5 Å². The van der Waals surface area contributed by atoms with Crippen LogP contribution in [-0.2, 0) is 17.8 Å². The highest BCUT2D eigenvalue weighted by atomic mass is 32.1. The smallest absolute Gasteiger partial charge is 0.229 e. The van der Waals surface area contributed by atoms with E-state index in [1.165, 1.54) is 0 Å². The van der Waals surface area contributed by atoms with E-state index in [-0.39, 0.29) is 5.91 Å². The Morgan fingerprint density at radius 3 is 2.57 bits per heavy atom. The third-order valence-corrected chi connectivity index (χ3v) is 5.70. The van der Waals surface area contributed by atoms with Crippen molar-refractivity contribution >= 4 is 32.6 Å². The Morgan fingerprint density at radius 2 is 1.82 bits per heavy atom. The normalized spacial score (nSPS) is 10.9. The number of carbonyl (C=O) groups is 1. The zero-order valence-electron chi connectivity index (χ0n) is 15.7. The van der Waals surface area contributed by atoms with E-state index in [2.05, 4.69) is 23.2 Å². The van der Waals surface area contributed by atoms with Gasteiger partial charge in [0.1, 0.15) is 0 Å². The first-order valence-corrected chi connectivity index (χ1v) is 10.1. The molecule has 0 bridgehead atoms. The van der Waals surface area contributed by atoms with Crippen molar-refractivity contribution in [1.82, 2.24) is 9.97 Å². The summed E-state index contributed by atoms with van der Waals surface area (Å²) >= 11 is 1.55. The van der Waals surface area contributed by atoms with Gasteiger partial charge < -0.3 is 0 Å².